The van der Waals surface area contributed by atoms with Gasteiger partial charge < -0.3 is 9.55 Å². The number of aromatic nitrogens is 5. The monoisotopic (exact) mass is 458 g/mol. The van der Waals surface area contributed by atoms with Crippen molar-refractivity contribution in [3.63, 3.8) is 0 Å². The Labute approximate surface area is 191 Å². The van der Waals surface area contributed by atoms with E-state index >= 15 is 0 Å². The summed E-state index contributed by atoms with van der Waals surface area (Å²) in [6, 6.07) is 13.1. The summed E-state index contributed by atoms with van der Waals surface area (Å²) in [6.07, 6.45) is 7.18. The first-order valence-electron chi connectivity index (χ1n) is 10.9. The quantitative estimate of drug-likeness (QED) is 0.440. The molecular weight excluding hydrogens is 436 g/mol. The van der Waals surface area contributed by atoms with Crippen molar-refractivity contribution >= 4 is 32.2 Å². The fourth-order valence-electron chi connectivity index (χ4n) is 4.44. The summed E-state index contributed by atoms with van der Waals surface area (Å²) in [6.45, 7) is 1.15. The Balaban J connectivity index is 1.43. The Morgan fingerprint density at radius 3 is 2.70 bits per heavy atom. The molecule has 1 aliphatic rings. The van der Waals surface area contributed by atoms with Gasteiger partial charge in [0.15, 0.2) is 5.65 Å². The first kappa shape index (κ1) is 20.1. The fourth-order valence-corrected chi connectivity index (χ4v) is 6.00. The third kappa shape index (κ3) is 3.32. The fraction of sp³-hybridized carbons (Fsp3) is 0.208. The Morgan fingerprint density at radius 2 is 1.85 bits per heavy atom. The SMILES string of the molecule is Cn1cnc2ccc(-c3c[nH]c4ncc(-c5cccc(S(=O)(=O)N6CCCC6)c5)nc34)cc21. The van der Waals surface area contributed by atoms with Crippen LogP contribution in [-0.2, 0) is 17.1 Å². The van der Waals surface area contributed by atoms with Crippen LogP contribution < -0.4 is 0 Å². The number of imidazole rings is 1. The Morgan fingerprint density at radius 1 is 1.00 bits per heavy atom. The lowest BCUT2D eigenvalue weighted by Gasteiger charge is -2.16. The van der Waals surface area contributed by atoms with Crippen LogP contribution in [0.25, 0.3) is 44.6 Å². The second kappa shape index (κ2) is 7.50. The van der Waals surface area contributed by atoms with E-state index < -0.39 is 10.0 Å². The third-order valence-corrected chi connectivity index (χ3v) is 8.14. The standard InChI is InChI=1S/C24H22N6O2S/c1-29-15-27-20-8-7-16(12-22(20)29)19-13-25-24-23(19)28-21(14-26-24)17-5-4-6-18(11-17)33(31,32)30-9-2-3-10-30/h4-8,11-15H,2-3,9-10H2,1H3,(H,25,26). The number of nitrogens with one attached hydrogen (secondary N) is 1. The lowest BCUT2D eigenvalue weighted by Crippen LogP contribution is -2.27. The predicted octanol–water partition coefficient (Wildman–Crippen LogP) is 3.96. The van der Waals surface area contributed by atoms with E-state index in [4.69, 9.17) is 4.98 Å². The van der Waals surface area contributed by atoms with E-state index in [0.717, 1.165) is 46.1 Å². The summed E-state index contributed by atoms with van der Waals surface area (Å²) in [5.41, 5.74) is 6.68. The molecule has 1 aliphatic heterocycles. The molecule has 3 aromatic heterocycles. The lowest BCUT2D eigenvalue weighted by atomic mass is 10.1. The third-order valence-electron chi connectivity index (χ3n) is 6.25. The molecule has 0 unspecified atom stereocenters. The van der Waals surface area contributed by atoms with Crippen LogP contribution in [0.4, 0.5) is 0 Å². The van der Waals surface area contributed by atoms with Gasteiger partial charge in [0, 0.05) is 37.5 Å². The second-order valence-corrected chi connectivity index (χ2v) is 10.3. The van der Waals surface area contributed by atoms with E-state index in [1.807, 2.05) is 36.0 Å². The van der Waals surface area contributed by atoms with Crippen molar-refractivity contribution in [3.05, 3.63) is 61.2 Å². The molecule has 2 aromatic carbocycles. The molecule has 0 saturated carbocycles. The van der Waals surface area contributed by atoms with E-state index in [0.29, 0.717) is 29.3 Å². The number of benzene rings is 2. The number of aryl methyl sites for hydroxylation is 1. The Kier molecular flexibility index (Phi) is 4.56. The van der Waals surface area contributed by atoms with Crippen LogP contribution in [0.2, 0.25) is 0 Å². The first-order chi connectivity index (χ1) is 16.0. The number of aromatic amines is 1. The maximum absolute atomic E-state index is 13.0. The highest BCUT2D eigenvalue weighted by Crippen LogP contribution is 2.31. The zero-order valence-electron chi connectivity index (χ0n) is 18.1. The highest BCUT2D eigenvalue weighted by Gasteiger charge is 2.27. The van der Waals surface area contributed by atoms with Gasteiger partial charge in [0.25, 0.3) is 0 Å². The number of hydrogen-bond acceptors (Lipinski definition) is 5. The van der Waals surface area contributed by atoms with E-state index in [1.54, 1.807) is 35.0 Å². The number of sulfonamides is 1. The molecule has 9 heteroatoms. The Hall–Kier alpha value is -3.56. The molecule has 0 amide bonds. The van der Waals surface area contributed by atoms with Crippen molar-refractivity contribution in [3.8, 4) is 22.4 Å². The maximum atomic E-state index is 13.0. The normalized spacial score (nSPS) is 15.1. The molecule has 1 saturated heterocycles. The lowest BCUT2D eigenvalue weighted by molar-refractivity contribution is 0.477. The van der Waals surface area contributed by atoms with Crippen LogP contribution in [0.3, 0.4) is 0 Å². The number of rotatable bonds is 4. The molecule has 5 aromatic rings. The minimum atomic E-state index is -3.50. The van der Waals surface area contributed by atoms with Crippen molar-refractivity contribution in [1.82, 2.24) is 28.8 Å². The van der Waals surface area contributed by atoms with E-state index in [-0.39, 0.29) is 0 Å². The van der Waals surface area contributed by atoms with Gasteiger partial charge in [-0.1, -0.05) is 18.2 Å². The highest BCUT2D eigenvalue weighted by molar-refractivity contribution is 7.89. The molecule has 0 spiro atoms. The molecule has 4 heterocycles. The average Bonchev–Trinajstić information content (AvgIpc) is 3.59. The molecule has 1 fully saturated rings. The van der Waals surface area contributed by atoms with E-state index in [9.17, 15) is 8.42 Å². The summed E-state index contributed by atoms with van der Waals surface area (Å²) in [5.74, 6) is 0. The van der Waals surface area contributed by atoms with E-state index in [2.05, 4.69) is 21.0 Å². The molecule has 6 rings (SSSR count). The molecular formula is C24H22N6O2S. The van der Waals surface area contributed by atoms with E-state index in [1.165, 1.54) is 0 Å². The number of hydrogen-bond donors (Lipinski definition) is 1. The topological polar surface area (TPSA) is 96.8 Å². The van der Waals surface area contributed by atoms with Crippen LogP contribution in [0.1, 0.15) is 12.8 Å². The van der Waals surface area contributed by atoms with Gasteiger partial charge in [-0.3, -0.25) is 0 Å². The minimum Gasteiger partial charge on any atom is -0.344 e. The molecule has 0 aliphatic carbocycles. The van der Waals surface area contributed by atoms with Gasteiger partial charge >= 0.3 is 0 Å². The van der Waals surface area contributed by atoms with Gasteiger partial charge in [-0.05, 0) is 42.7 Å². The summed E-state index contributed by atoms with van der Waals surface area (Å²) in [7, 11) is -1.53. The largest absolute Gasteiger partial charge is 0.344 e. The van der Waals surface area contributed by atoms with Crippen LogP contribution in [0.15, 0.2) is 66.1 Å². The Bertz CT molecular complexity index is 1610. The summed E-state index contributed by atoms with van der Waals surface area (Å²) in [4.78, 5) is 17.3. The summed E-state index contributed by atoms with van der Waals surface area (Å²) in [5, 5.41) is 0. The van der Waals surface area contributed by atoms with Crippen molar-refractivity contribution < 1.29 is 8.42 Å². The van der Waals surface area contributed by atoms with Gasteiger partial charge in [0.05, 0.1) is 34.1 Å². The zero-order chi connectivity index (χ0) is 22.6. The van der Waals surface area contributed by atoms with Crippen molar-refractivity contribution in [2.75, 3.05) is 13.1 Å². The zero-order valence-corrected chi connectivity index (χ0v) is 18.9. The van der Waals surface area contributed by atoms with Crippen LogP contribution in [0.5, 0.6) is 0 Å². The first-order valence-corrected chi connectivity index (χ1v) is 12.3. The molecule has 33 heavy (non-hydrogen) atoms. The van der Waals surface area contributed by atoms with Gasteiger partial charge in [-0.15, -0.1) is 0 Å². The number of fused-ring (bicyclic) bond motifs is 2. The van der Waals surface area contributed by atoms with Gasteiger partial charge in [0.1, 0.15) is 5.52 Å². The predicted molar refractivity (Wildman–Crippen MR) is 127 cm³/mol. The van der Waals surface area contributed by atoms with Crippen LogP contribution in [-0.4, -0.2) is 50.3 Å². The van der Waals surface area contributed by atoms with Crippen LogP contribution >= 0.6 is 0 Å². The smallest absolute Gasteiger partial charge is 0.243 e. The second-order valence-electron chi connectivity index (χ2n) is 8.35. The average molecular weight is 459 g/mol. The van der Waals surface area contributed by atoms with Crippen molar-refractivity contribution in [2.24, 2.45) is 7.05 Å². The summed E-state index contributed by atoms with van der Waals surface area (Å²) < 4.78 is 29.6. The van der Waals surface area contributed by atoms with Crippen LogP contribution in [0, 0.1) is 0 Å². The highest BCUT2D eigenvalue weighted by atomic mass is 32.2. The molecule has 0 radical (unpaired) electrons. The molecule has 166 valence electrons. The van der Waals surface area contributed by atoms with Gasteiger partial charge in [0.2, 0.25) is 10.0 Å². The molecule has 0 bridgehead atoms. The number of H-pyrrole nitrogens is 1. The van der Waals surface area contributed by atoms with Crippen molar-refractivity contribution in [2.45, 2.75) is 17.7 Å². The maximum Gasteiger partial charge on any atom is 0.243 e. The minimum absolute atomic E-state index is 0.291. The molecule has 8 nitrogen and oxygen atoms in total. The van der Waals surface area contributed by atoms with Gasteiger partial charge in [-0.25, -0.2) is 23.4 Å². The summed E-state index contributed by atoms with van der Waals surface area (Å²) >= 11 is 0. The number of nitrogens with zero attached hydrogens (tertiary/aromatic N) is 5. The molecule has 0 atom stereocenters. The van der Waals surface area contributed by atoms with Gasteiger partial charge in [-0.2, -0.15) is 4.31 Å². The van der Waals surface area contributed by atoms with Crippen molar-refractivity contribution in [1.29, 1.82) is 0 Å². The molecule has 1 N–H and O–H groups in total.